The molecule has 1 atom stereocenters. The largest absolute Gasteiger partial charge is 0.383 e. The molecule has 0 unspecified atom stereocenters. The second-order valence-electron chi connectivity index (χ2n) is 5.28. The second kappa shape index (κ2) is 7.47. The van der Waals surface area contributed by atoms with Gasteiger partial charge in [0.05, 0.1) is 12.2 Å². The van der Waals surface area contributed by atoms with Crippen LogP contribution in [0.1, 0.15) is 16.8 Å². The minimum absolute atomic E-state index is 0.120. The molecule has 1 amide bonds. The third-order valence-electron chi connectivity index (χ3n) is 3.71. The van der Waals surface area contributed by atoms with Gasteiger partial charge in [0.2, 0.25) is 0 Å². The highest BCUT2D eigenvalue weighted by atomic mass is 19.1. The number of halogens is 2. The SMILES string of the molecule is COCCN1CC[C@@H](CNC(=O)c2ccc(F)cc2F)C1. The van der Waals surface area contributed by atoms with E-state index in [4.69, 9.17) is 4.74 Å². The van der Waals surface area contributed by atoms with Gasteiger partial charge in [0.25, 0.3) is 5.91 Å². The van der Waals surface area contributed by atoms with Crippen LogP contribution in [0.2, 0.25) is 0 Å². The van der Waals surface area contributed by atoms with Gasteiger partial charge in [-0.05, 0) is 31.0 Å². The summed E-state index contributed by atoms with van der Waals surface area (Å²) in [4.78, 5) is 14.2. The van der Waals surface area contributed by atoms with Gasteiger partial charge in [-0.25, -0.2) is 8.78 Å². The summed E-state index contributed by atoms with van der Waals surface area (Å²) in [5, 5.41) is 2.72. The third kappa shape index (κ3) is 4.47. The number of rotatable bonds is 6. The standard InChI is InChI=1S/C15H20F2N2O2/c1-21-7-6-19-5-4-11(10-19)9-18-15(20)13-3-2-12(16)8-14(13)17/h2-3,8,11H,4-7,9-10H2,1H3,(H,18,20)/t11-/m0/s1. The molecule has 1 aliphatic heterocycles. The van der Waals surface area contributed by atoms with E-state index in [1.54, 1.807) is 7.11 Å². The summed E-state index contributed by atoms with van der Waals surface area (Å²) in [6.07, 6.45) is 0.996. The van der Waals surface area contributed by atoms with Crippen LogP contribution in [0.4, 0.5) is 8.78 Å². The molecule has 6 heteroatoms. The molecule has 1 aromatic rings. The topological polar surface area (TPSA) is 41.6 Å². The molecule has 0 spiro atoms. The summed E-state index contributed by atoms with van der Waals surface area (Å²) in [5.41, 5.74) is -0.120. The molecule has 1 N–H and O–H groups in total. The number of nitrogens with zero attached hydrogens (tertiary/aromatic N) is 1. The number of nitrogens with one attached hydrogen (secondary N) is 1. The molecule has 1 heterocycles. The van der Waals surface area contributed by atoms with Crippen molar-refractivity contribution in [1.29, 1.82) is 0 Å². The fourth-order valence-corrected chi connectivity index (χ4v) is 2.51. The van der Waals surface area contributed by atoms with Crippen LogP contribution in [0, 0.1) is 17.6 Å². The Hall–Kier alpha value is -1.53. The van der Waals surface area contributed by atoms with E-state index in [-0.39, 0.29) is 5.56 Å². The van der Waals surface area contributed by atoms with E-state index in [0.29, 0.717) is 19.1 Å². The zero-order valence-electron chi connectivity index (χ0n) is 12.1. The number of hydrogen-bond acceptors (Lipinski definition) is 3. The Labute approximate surface area is 123 Å². The van der Waals surface area contributed by atoms with Crippen molar-refractivity contribution in [1.82, 2.24) is 10.2 Å². The van der Waals surface area contributed by atoms with E-state index in [1.165, 1.54) is 6.07 Å². The van der Waals surface area contributed by atoms with E-state index in [0.717, 1.165) is 38.2 Å². The highest BCUT2D eigenvalue weighted by molar-refractivity contribution is 5.94. The normalized spacial score (nSPS) is 18.9. The summed E-state index contributed by atoms with van der Waals surface area (Å²) >= 11 is 0. The number of carbonyl (C=O) groups is 1. The first-order valence-electron chi connectivity index (χ1n) is 7.04. The van der Waals surface area contributed by atoms with E-state index in [2.05, 4.69) is 10.2 Å². The lowest BCUT2D eigenvalue weighted by Gasteiger charge is -2.15. The monoisotopic (exact) mass is 298 g/mol. The third-order valence-corrected chi connectivity index (χ3v) is 3.71. The van der Waals surface area contributed by atoms with Gasteiger partial charge < -0.3 is 15.0 Å². The van der Waals surface area contributed by atoms with Gasteiger partial charge in [0, 0.05) is 32.8 Å². The van der Waals surface area contributed by atoms with Crippen molar-refractivity contribution in [2.75, 3.05) is 39.9 Å². The Morgan fingerprint density at radius 2 is 2.29 bits per heavy atom. The zero-order chi connectivity index (χ0) is 15.2. The van der Waals surface area contributed by atoms with E-state index < -0.39 is 17.5 Å². The molecule has 21 heavy (non-hydrogen) atoms. The Morgan fingerprint density at radius 3 is 3.00 bits per heavy atom. The number of carbonyl (C=O) groups excluding carboxylic acids is 1. The van der Waals surface area contributed by atoms with Crippen molar-refractivity contribution in [3.05, 3.63) is 35.4 Å². The maximum Gasteiger partial charge on any atom is 0.254 e. The summed E-state index contributed by atoms with van der Waals surface area (Å²) < 4.78 is 31.3. The number of likely N-dealkylation sites (tertiary alicyclic amines) is 1. The lowest BCUT2D eigenvalue weighted by atomic mass is 10.1. The minimum Gasteiger partial charge on any atom is -0.383 e. The van der Waals surface area contributed by atoms with Crippen LogP contribution >= 0.6 is 0 Å². The molecule has 116 valence electrons. The molecule has 1 aromatic carbocycles. The van der Waals surface area contributed by atoms with Crippen molar-refractivity contribution in [3.8, 4) is 0 Å². The van der Waals surface area contributed by atoms with Gasteiger partial charge in [0.15, 0.2) is 0 Å². The molecular formula is C15H20F2N2O2. The van der Waals surface area contributed by atoms with Gasteiger partial charge in [-0.15, -0.1) is 0 Å². The number of methoxy groups -OCH3 is 1. The fourth-order valence-electron chi connectivity index (χ4n) is 2.51. The summed E-state index contributed by atoms with van der Waals surface area (Å²) in [6.45, 7) is 3.96. The Balaban J connectivity index is 1.79. The molecule has 2 rings (SSSR count). The van der Waals surface area contributed by atoms with Crippen LogP contribution in [0.5, 0.6) is 0 Å². The lowest BCUT2D eigenvalue weighted by Crippen LogP contribution is -2.32. The quantitative estimate of drug-likeness (QED) is 0.868. The van der Waals surface area contributed by atoms with Crippen LogP contribution < -0.4 is 5.32 Å². The molecule has 0 aromatic heterocycles. The molecule has 4 nitrogen and oxygen atoms in total. The summed E-state index contributed by atoms with van der Waals surface area (Å²) in [7, 11) is 1.67. The highest BCUT2D eigenvalue weighted by Gasteiger charge is 2.23. The summed E-state index contributed by atoms with van der Waals surface area (Å²) in [6, 6.07) is 2.97. The Kier molecular flexibility index (Phi) is 5.64. The molecule has 0 aliphatic carbocycles. The number of hydrogen-bond donors (Lipinski definition) is 1. The lowest BCUT2D eigenvalue weighted by molar-refractivity contribution is 0.0942. The van der Waals surface area contributed by atoms with Gasteiger partial charge >= 0.3 is 0 Å². The Bertz CT molecular complexity index is 497. The zero-order valence-corrected chi connectivity index (χ0v) is 12.1. The van der Waals surface area contributed by atoms with Gasteiger partial charge in [-0.1, -0.05) is 0 Å². The second-order valence-corrected chi connectivity index (χ2v) is 5.28. The van der Waals surface area contributed by atoms with Crippen LogP contribution in [0.15, 0.2) is 18.2 Å². The van der Waals surface area contributed by atoms with Crippen LogP contribution in [0.25, 0.3) is 0 Å². The molecule has 0 radical (unpaired) electrons. The number of benzene rings is 1. The van der Waals surface area contributed by atoms with Crippen molar-refractivity contribution in [2.45, 2.75) is 6.42 Å². The smallest absolute Gasteiger partial charge is 0.254 e. The maximum absolute atomic E-state index is 13.5. The van der Waals surface area contributed by atoms with E-state index in [9.17, 15) is 13.6 Å². The number of ether oxygens (including phenoxy) is 1. The van der Waals surface area contributed by atoms with Crippen LogP contribution in [0.3, 0.4) is 0 Å². The van der Waals surface area contributed by atoms with Crippen molar-refractivity contribution in [3.63, 3.8) is 0 Å². The average Bonchev–Trinajstić information content (AvgIpc) is 2.90. The van der Waals surface area contributed by atoms with Crippen molar-refractivity contribution >= 4 is 5.91 Å². The fraction of sp³-hybridized carbons (Fsp3) is 0.533. The first-order valence-corrected chi connectivity index (χ1v) is 7.04. The molecule has 1 fully saturated rings. The van der Waals surface area contributed by atoms with Crippen LogP contribution in [-0.2, 0) is 4.74 Å². The number of amides is 1. The average molecular weight is 298 g/mol. The predicted octanol–water partition coefficient (Wildman–Crippen LogP) is 1.66. The first-order chi connectivity index (χ1) is 10.1. The van der Waals surface area contributed by atoms with Gasteiger partial charge in [-0.2, -0.15) is 0 Å². The summed E-state index contributed by atoms with van der Waals surface area (Å²) in [5.74, 6) is -1.66. The van der Waals surface area contributed by atoms with E-state index >= 15 is 0 Å². The molecule has 0 saturated carbocycles. The van der Waals surface area contributed by atoms with Gasteiger partial charge in [0.1, 0.15) is 11.6 Å². The minimum atomic E-state index is -0.833. The van der Waals surface area contributed by atoms with E-state index in [1.807, 2.05) is 0 Å². The molecule has 0 bridgehead atoms. The van der Waals surface area contributed by atoms with Crippen molar-refractivity contribution < 1.29 is 18.3 Å². The molecule has 1 aliphatic rings. The predicted molar refractivity (Wildman–Crippen MR) is 75.1 cm³/mol. The first kappa shape index (κ1) is 15.9. The maximum atomic E-state index is 13.5. The van der Waals surface area contributed by atoms with Gasteiger partial charge in [-0.3, -0.25) is 4.79 Å². The molecular weight excluding hydrogens is 278 g/mol. The highest BCUT2D eigenvalue weighted by Crippen LogP contribution is 2.15. The van der Waals surface area contributed by atoms with Crippen molar-refractivity contribution in [2.24, 2.45) is 5.92 Å². The Morgan fingerprint density at radius 1 is 1.48 bits per heavy atom. The van der Waals surface area contributed by atoms with Crippen LogP contribution in [-0.4, -0.2) is 50.7 Å². The molecule has 1 saturated heterocycles.